The lowest BCUT2D eigenvalue weighted by Gasteiger charge is -2.02. The van der Waals surface area contributed by atoms with Crippen LogP contribution in [0.5, 0.6) is 0 Å². The summed E-state index contributed by atoms with van der Waals surface area (Å²) in [6, 6.07) is 3.64. The number of hydrogen-bond acceptors (Lipinski definition) is 4. The smallest absolute Gasteiger partial charge is 0.298 e. The lowest BCUT2D eigenvalue weighted by molar-refractivity contribution is -0.387. The van der Waals surface area contributed by atoms with Crippen molar-refractivity contribution in [1.29, 1.82) is 0 Å². The molecular weight excluding hydrogens is 241 g/mol. The lowest BCUT2D eigenvalue weighted by Crippen LogP contribution is -2.01. The molecular formula is C11H8FN3O3. The van der Waals surface area contributed by atoms with E-state index in [1.165, 1.54) is 23.1 Å². The van der Waals surface area contributed by atoms with E-state index in [4.69, 9.17) is 0 Å². The Labute approximate surface area is 101 Å². The molecule has 0 saturated heterocycles. The lowest BCUT2D eigenvalue weighted by atomic mass is 10.2. The first-order valence-electron chi connectivity index (χ1n) is 5.00. The quantitative estimate of drug-likeness (QED) is 0.470. The van der Waals surface area contributed by atoms with Gasteiger partial charge in [-0.2, -0.15) is 9.49 Å². The maximum Gasteiger partial charge on any atom is 0.304 e. The predicted molar refractivity (Wildman–Crippen MR) is 59.8 cm³/mol. The van der Waals surface area contributed by atoms with Gasteiger partial charge in [0.1, 0.15) is 0 Å². The molecule has 1 aromatic heterocycles. The molecule has 0 spiro atoms. The van der Waals surface area contributed by atoms with Gasteiger partial charge in [-0.25, -0.2) is 0 Å². The fourth-order valence-electron chi connectivity index (χ4n) is 1.51. The second-order valence-corrected chi connectivity index (χ2v) is 3.63. The number of carbonyl (C=O) groups excluding carboxylic acids is 1. The standard InChI is InChI=1S/C11H8FN3O3/c12-10-3-8(1-2-11(10)15(17)18)5-14-6-9(7-16)4-13-14/h1-4,6-7H,5H2. The Morgan fingerprint density at radius 1 is 1.50 bits per heavy atom. The minimum atomic E-state index is -0.889. The van der Waals surface area contributed by atoms with Gasteiger partial charge in [-0.1, -0.05) is 6.07 Å². The van der Waals surface area contributed by atoms with E-state index in [0.717, 1.165) is 12.1 Å². The Morgan fingerprint density at radius 3 is 2.83 bits per heavy atom. The Bertz CT molecular complexity index is 609. The fourth-order valence-corrected chi connectivity index (χ4v) is 1.51. The van der Waals surface area contributed by atoms with E-state index in [9.17, 15) is 19.3 Å². The molecule has 1 heterocycles. The molecule has 0 aliphatic heterocycles. The van der Waals surface area contributed by atoms with Crippen LogP contribution in [0, 0.1) is 15.9 Å². The summed E-state index contributed by atoms with van der Waals surface area (Å²) >= 11 is 0. The number of benzene rings is 1. The van der Waals surface area contributed by atoms with E-state index in [1.807, 2.05) is 0 Å². The molecule has 0 bridgehead atoms. The molecule has 0 amide bonds. The molecule has 0 unspecified atom stereocenters. The molecule has 0 aliphatic carbocycles. The number of nitro benzene ring substituents is 1. The summed E-state index contributed by atoms with van der Waals surface area (Å²) in [6.45, 7) is 0.239. The monoisotopic (exact) mass is 249 g/mol. The Balaban J connectivity index is 2.22. The van der Waals surface area contributed by atoms with Crippen molar-refractivity contribution in [2.24, 2.45) is 0 Å². The van der Waals surface area contributed by atoms with Crippen LogP contribution in [-0.4, -0.2) is 21.0 Å². The van der Waals surface area contributed by atoms with Crippen LogP contribution < -0.4 is 0 Å². The van der Waals surface area contributed by atoms with Crippen LogP contribution in [0.4, 0.5) is 10.1 Å². The van der Waals surface area contributed by atoms with Crippen molar-refractivity contribution in [1.82, 2.24) is 9.78 Å². The maximum absolute atomic E-state index is 13.3. The highest BCUT2D eigenvalue weighted by Crippen LogP contribution is 2.18. The molecule has 0 N–H and O–H groups in total. The van der Waals surface area contributed by atoms with Gasteiger partial charge in [0.05, 0.1) is 23.2 Å². The highest BCUT2D eigenvalue weighted by atomic mass is 19.1. The van der Waals surface area contributed by atoms with Crippen LogP contribution in [0.25, 0.3) is 0 Å². The van der Waals surface area contributed by atoms with E-state index in [-0.39, 0.29) is 6.54 Å². The third-order valence-corrected chi connectivity index (χ3v) is 2.34. The molecule has 18 heavy (non-hydrogen) atoms. The zero-order chi connectivity index (χ0) is 13.1. The van der Waals surface area contributed by atoms with Crippen LogP contribution in [0.2, 0.25) is 0 Å². The van der Waals surface area contributed by atoms with Gasteiger partial charge < -0.3 is 0 Å². The maximum atomic E-state index is 13.3. The largest absolute Gasteiger partial charge is 0.304 e. The number of carbonyl (C=O) groups is 1. The molecule has 0 fully saturated rings. The average Bonchev–Trinajstić information content (AvgIpc) is 2.76. The van der Waals surface area contributed by atoms with Crippen LogP contribution >= 0.6 is 0 Å². The van der Waals surface area contributed by atoms with Crippen molar-refractivity contribution < 1.29 is 14.1 Å². The van der Waals surface area contributed by atoms with Gasteiger partial charge in [0.2, 0.25) is 5.82 Å². The normalized spacial score (nSPS) is 10.3. The van der Waals surface area contributed by atoms with Crippen LogP contribution in [-0.2, 0) is 6.54 Å². The number of halogens is 1. The SMILES string of the molecule is O=Cc1cnn(Cc2ccc([N+](=O)[O-])c(F)c2)c1. The summed E-state index contributed by atoms with van der Waals surface area (Å²) in [6.07, 6.45) is 3.54. The second-order valence-electron chi connectivity index (χ2n) is 3.63. The summed E-state index contributed by atoms with van der Waals surface area (Å²) in [7, 11) is 0. The highest BCUT2D eigenvalue weighted by Gasteiger charge is 2.13. The first kappa shape index (κ1) is 11.9. The first-order chi connectivity index (χ1) is 8.60. The van der Waals surface area contributed by atoms with Crippen molar-refractivity contribution in [2.75, 3.05) is 0 Å². The summed E-state index contributed by atoms with van der Waals surface area (Å²) < 4.78 is 14.8. The molecule has 7 heteroatoms. The zero-order valence-corrected chi connectivity index (χ0v) is 9.12. The van der Waals surface area contributed by atoms with E-state index >= 15 is 0 Å². The molecule has 6 nitrogen and oxygen atoms in total. The molecule has 0 saturated carbocycles. The number of nitrogens with zero attached hydrogens (tertiary/aromatic N) is 3. The van der Waals surface area contributed by atoms with E-state index in [0.29, 0.717) is 17.4 Å². The summed E-state index contributed by atoms with van der Waals surface area (Å²) in [5.74, 6) is -0.889. The van der Waals surface area contributed by atoms with Crippen molar-refractivity contribution in [3.63, 3.8) is 0 Å². The Kier molecular flexibility index (Phi) is 3.13. The summed E-state index contributed by atoms with van der Waals surface area (Å²) in [5, 5.41) is 14.3. The number of rotatable bonds is 4. The van der Waals surface area contributed by atoms with Crippen molar-refractivity contribution in [3.8, 4) is 0 Å². The molecule has 92 valence electrons. The number of aromatic nitrogens is 2. The van der Waals surface area contributed by atoms with Crippen molar-refractivity contribution in [3.05, 3.63) is 57.7 Å². The third-order valence-electron chi connectivity index (χ3n) is 2.34. The molecule has 0 aliphatic rings. The van der Waals surface area contributed by atoms with Crippen molar-refractivity contribution in [2.45, 2.75) is 6.54 Å². The summed E-state index contributed by atoms with van der Waals surface area (Å²) in [5.41, 5.74) is 0.379. The predicted octanol–water partition coefficient (Wildman–Crippen LogP) is 1.79. The van der Waals surface area contributed by atoms with Gasteiger partial charge in [-0.15, -0.1) is 0 Å². The number of hydrogen-bond donors (Lipinski definition) is 0. The summed E-state index contributed by atoms with van der Waals surface area (Å²) in [4.78, 5) is 20.1. The van der Waals surface area contributed by atoms with E-state index in [2.05, 4.69) is 5.10 Å². The minimum Gasteiger partial charge on any atom is -0.298 e. The first-order valence-corrected chi connectivity index (χ1v) is 5.00. The zero-order valence-electron chi connectivity index (χ0n) is 9.12. The number of nitro groups is 1. The molecule has 0 radical (unpaired) electrons. The van der Waals surface area contributed by atoms with Crippen LogP contribution in [0.15, 0.2) is 30.6 Å². The van der Waals surface area contributed by atoms with Gasteiger partial charge in [-0.05, 0) is 11.6 Å². The second kappa shape index (κ2) is 4.74. The highest BCUT2D eigenvalue weighted by molar-refractivity contribution is 5.73. The van der Waals surface area contributed by atoms with Crippen molar-refractivity contribution >= 4 is 12.0 Å². The van der Waals surface area contributed by atoms with Gasteiger partial charge >= 0.3 is 5.69 Å². The van der Waals surface area contributed by atoms with E-state index < -0.39 is 16.4 Å². The molecule has 2 aromatic rings. The van der Waals surface area contributed by atoms with Gasteiger partial charge in [0.15, 0.2) is 6.29 Å². The third kappa shape index (κ3) is 2.40. The molecule has 2 rings (SSSR count). The number of aldehydes is 1. The van der Waals surface area contributed by atoms with Crippen LogP contribution in [0.1, 0.15) is 15.9 Å². The van der Waals surface area contributed by atoms with E-state index in [1.54, 1.807) is 0 Å². The average molecular weight is 249 g/mol. The van der Waals surface area contributed by atoms with Gasteiger partial charge in [0.25, 0.3) is 0 Å². The van der Waals surface area contributed by atoms with Gasteiger partial charge in [-0.3, -0.25) is 19.6 Å². The molecule has 1 aromatic carbocycles. The Morgan fingerprint density at radius 2 is 2.28 bits per heavy atom. The fraction of sp³-hybridized carbons (Fsp3) is 0.0909. The topological polar surface area (TPSA) is 78.0 Å². The van der Waals surface area contributed by atoms with Crippen LogP contribution in [0.3, 0.4) is 0 Å². The van der Waals surface area contributed by atoms with Gasteiger partial charge in [0, 0.05) is 12.3 Å². The molecule has 0 atom stereocenters. The Hall–Kier alpha value is -2.57. The minimum absolute atomic E-state index is 0.239.